The van der Waals surface area contributed by atoms with E-state index in [-0.39, 0.29) is 17.0 Å². The third-order valence-electron chi connectivity index (χ3n) is 4.32. The quantitative estimate of drug-likeness (QED) is 0.470. The van der Waals surface area contributed by atoms with E-state index in [1.54, 1.807) is 24.3 Å². The number of hydrogen-bond donors (Lipinski definition) is 2. The van der Waals surface area contributed by atoms with E-state index in [0.29, 0.717) is 33.7 Å². The summed E-state index contributed by atoms with van der Waals surface area (Å²) >= 11 is 3.41. The van der Waals surface area contributed by atoms with Crippen LogP contribution in [0.1, 0.15) is 10.4 Å². The van der Waals surface area contributed by atoms with Gasteiger partial charge in [0, 0.05) is 15.6 Å². The summed E-state index contributed by atoms with van der Waals surface area (Å²) in [5, 5.41) is 17.2. The Hall–Kier alpha value is -3.26. The number of H-pyrrole nitrogens is 1. The first kappa shape index (κ1) is 18.1. The molecule has 140 valence electrons. The standard InChI is InChI=1S/C20H13BrFN3O3/c1-28-16-7-4-11(21)8-13(16)15-9-14(20(26)27)17-18(24-25-19(17)23-15)10-2-5-12(22)6-3-10/h2-9H,1H3,(H,26,27)(H,23,24,25). The third kappa shape index (κ3) is 3.11. The van der Waals surface area contributed by atoms with Crippen LogP contribution in [0.15, 0.2) is 53.0 Å². The molecule has 2 aromatic carbocycles. The van der Waals surface area contributed by atoms with Crippen molar-refractivity contribution in [2.24, 2.45) is 0 Å². The van der Waals surface area contributed by atoms with E-state index >= 15 is 0 Å². The SMILES string of the molecule is COc1ccc(Br)cc1-c1cc(C(=O)O)c2c(-c3ccc(F)cc3)[nH]nc2n1. The Kier molecular flexibility index (Phi) is 4.56. The van der Waals surface area contributed by atoms with Crippen molar-refractivity contribution in [1.29, 1.82) is 0 Å². The number of aromatic carboxylic acids is 1. The zero-order chi connectivity index (χ0) is 19.8. The van der Waals surface area contributed by atoms with Crippen LogP contribution in [0.2, 0.25) is 0 Å². The molecule has 0 aliphatic carbocycles. The van der Waals surface area contributed by atoms with Gasteiger partial charge in [-0.1, -0.05) is 15.9 Å². The minimum absolute atomic E-state index is 0.0371. The van der Waals surface area contributed by atoms with Gasteiger partial charge in [-0.25, -0.2) is 14.2 Å². The predicted molar refractivity (Wildman–Crippen MR) is 106 cm³/mol. The number of nitrogens with zero attached hydrogens (tertiary/aromatic N) is 2. The van der Waals surface area contributed by atoms with Crippen LogP contribution in [-0.2, 0) is 0 Å². The van der Waals surface area contributed by atoms with Crippen LogP contribution in [-0.4, -0.2) is 33.4 Å². The van der Waals surface area contributed by atoms with E-state index in [9.17, 15) is 14.3 Å². The van der Waals surface area contributed by atoms with Crippen molar-refractivity contribution in [3.05, 3.63) is 64.4 Å². The number of halogens is 2. The summed E-state index contributed by atoms with van der Waals surface area (Å²) < 4.78 is 19.4. The fraction of sp³-hybridized carbons (Fsp3) is 0.0500. The number of carboxylic acid groups (broad SMARTS) is 1. The first-order valence-corrected chi connectivity index (χ1v) is 8.99. The molecule has 0 amide bonds. The number of rotatable bonds is 4. The molecule has 28 heavy (non-hydrogen) atoms. The number of ether oxygens (including phenoxy) is 1. The number of methoxy groups -OCH3 is 1. The zero-order valence-corrected chi connectivity index (χ0v) is 16.1. The molecular formula is C20H13BrFN3O3. The number of benzene rings is 2. The van der Waals surface area contributed by atoms with E-state index < -0.39 is 5.97 Å². The Labute approximate surface area is 167 Å². The largest absolute Gasteiger partial charge is 0.496 e. The topological polar surface area (TPSA) is 88.1 Å². The number of nitrogens with one attached hydrogen (secondary N) is 1. The van der Waals surface area contributed by atoms with Gasteiger partial charge in [0.25, 0.3) is 0 Å². The number of carboxylic acids is 1. The van der Waals surface area contributed by atoms with E-state index in [4.69, 9.17) is 4.74 Å². The van der Waals surface area contributed by atoms with Crippen molar-refractivity contribution in [1.82, 2.24) is 15.2 Å². The van der Waals surface area contributed by atoms with Gasteiger partial charge >= 0.3 is 5.97 Å². The van der Waals surface area contributed by atoms with Crippen molar-refractivity contribution in [3.63, 3.8) is 0 Å². The Balaban J connectivity index is 1.98. The fourth-order valence-corrected chi connectivity index (χ4v) is 3.40. The van der Waals surface area contributed by atoms with Gasteiger partial charge in [-0.2, -0.15) is 5.10 Å². The van der Waals surface area contributed by atoms with Crippen molar-refractivity contribution >= 4 is 32.9 Å². The normalized spacial score (nSPS) is 11.0. The molecule has 0 unspecified atom stereocenters. The average molecular weight is 442 g/mol. The molecule has 0 spiro atoms. The maximum atomic E-state index is 13.2. The molecule has 0 aliphatic heterocycles. The molecule has 8 heteroatoms. The van der Waals surface area contributed by atoms with Gasteiger partial charge in [-0.3, -0.25) is 5.10 Å². The summed E-state index contributed by atoms with van der Waals surface area (Å²) in [6.45, 7) is 0. The highest BCUT2D eigenvalue weighted by Crippen LogP contribution is 2.35. The number of fused-ring (bicyclic) bond motifs is 1. The summed E-state index contributed by atoms with van der Waals surface area (Å²) in [6.07, 6.45) is 0. The fourth-order valence-electron chi connectivity index (χ4n) is 3.04. The minimum Gasteiger partial charge on any atom is -0.496 e. The molecule has 0 saturated heterocycles. The van der Waals surface area contributed by atoms with Gasteiger partial charge < -0.3 is 9.84 Å². The van der Waals surface area contributed by atoms with Gasteiger partial charge in [0.15, 0.2) is 5.65 Å². The second-order valence-electron chi connectivity index (χ2n) is 6.01. The lowest BCUT2D eigenvalue weighted by Gasteiger charge is -2.10. The first-order valence-electron chi connectivity index (χ1n) is 8.20. The molecule has 6 nitrogen and oxygen atoms in total. The molecule has 0 radical (unpaired) electrons. The van der Waals surface area contributed by atoms with E-state index in [0.717, 1.165) is 4.47 Å². The van der Waals surface area contributed by atoms with Gasteiger partial charge in [0.05, 0.1) is 29.4 Å². The predicted octanol–water partition coefficient (Wildman–Crippen LogP) is 4.90. The molecule has 4 aromatic rings. The zero-order valence-electron chi connectivity index (χ0n) is 14.5. The molecule has 0 atom stereocenters. The third-order valence-corrected chi connectivity index (χ3v) is 4.82. The molecule has 2 N–H and O–H groups in total. The smallest absolute Gasteiger partial charge is 0.336 e. The monoisotopic (exact) mass is 441 g/mol. The highest BCUT2D eigenvalue weighted by atomic mass is 79.9. The van der Waals surface area contributed by atoms with E-state index in [1.165, 1.54) is 25.3 Å². The van der Waals surface area contributed by atoms with Crippen LogP contribution < -0.4 is 4.74 Å². The van der Waals surface area contributed by atoms with Gasteiger partial charge in [0.1, 0.15) is 11.6 Å². The van der Waals surface area contributed by atoms with Gasteiger partial charge in [0.2, 0.25) is 0 Å². The first-order chi connectivity index (χ1) is 13.5. The summed E-state index contributed by atoms with van der Waals surface area (Å²) in [6, 6.07) is 12.6. The molecule has 0 aliphatic rings. The van der Waals surface area contributed by atoms with Crippen molar-refractivity contribution in [2.45, 2.75) is 0 Å². The highest BCUT2D eigenvalue weighted by molar-refractivity contribution is 9.10. The molecule has 0 saturated carbocycles. The number of aromatic amines is 1. The van der Waals surface area contributed by atoms with E-state index in [2.05, 4.69) is 31.1 Å². The van der Waals surface area contributed by atoms with Crippen LogP contribution in [0.3, 0.4) is 0 Å². The summed E-state index contributed by atoms with van der Waals surface area (Å²) in [4.78, 5) is 16.5. The van der Waals surface area contributed by atoms with Crippen LogP contribution in [0.5, 0.6) is 5.75 Å². The molecule has 2 aromatic heterocycles. The average Bonchev–Trinajstić information content (AvgIpc) is 3.11. The van der Waals surface area contributed by atoms with Crippen molar-refractivity contribution in [3.8, 4) is 28.3 Å². The van der Waals surface area contributed by atoms with E-state index in [1.807, 2.05) is 6.07 Å². The van der Waals surface area contributed by atoms with Crippen LogP contribution in [0.4, 0.5) is 4.39 Å². The Bertz CT molecular complexity index is 1210. The van der Waals surface area contributed by atoms with Crippen LogP contribution >= 0.6 is 15.9 Å². The Morgan fingerprint density at radius 2 is 1.93 bits per heavy atom. The van der Waals surface area contributed by atoms with Crippen molar-refractivity contribution in [2.75, 3.05) is 7.11 Å². The lowest BCUT2D eigenvalue weighted by molar-refractivity contribution is 0.0699. The highest BCUT2D eigenvalue weighted by Gasteiger charge is 2.21. The second-order valence-corrected chi connectivity index (χ2v) is 6.92. The summed E-state index contributed by atoms with van der Waals surface area (Å²) in [7, 11) is 1.53. The number of hydrogen-bond acceptors (Lipinski definition) is 4. The maximum Gasteiger partial charge on any atom is 0.336 e. The number of aromatic nitrogens is 3. The van der Waals surface area contributed by atoms with Crippen molar-refractivity contribution < 1.29 is 19.0 Å². The van der Waals surface area contributed by atoms with Crippen LogP contribution in [0, 0.1) is 5.82 Å². The molecule has 2 heterocycles. The molecule has 4 rings (SSSR count). The van der Waals surface area contributed by atoms with Crippen LogP contribution in [0.25, 0.3) is 33.5 Å². The molecular weight excluding hydrogens is 429 g/mol. The maximum absolute atomic E-state index is 13.2. The lowest BCUT2D eigenvalue weighted by Crippen LogP contribution is -2.01. The summed E-state index contributed by atoms with van der Waals surface area (Å²) in [5.74, 6) is -0.943. The summed E-state index contributed by atoms with van der Waals surface area (Å²) in [5.41, 5.74) is 2.41. The van der Waals surface area contributed by atoms with Gasteiger partial charge in [-0.05, 0) is 48.5 Å². The Morgan fingerprint density at radius 3 is 2.61 bits per heavy atom. The molecule has 0 fully saturated rings. The number of carbonyl (C=O) groups is 1. The van der Waals surface area contributed by atoms with Gasteiger partial charge in [-0.15, -0.1) is 0 Å². The lowest BCUT2D eigenvalue weighted by atomic mass is 10.0. The molecule has 0 bridgehead atoms. The minimum atomic E-state index is -1.12. The number of pyridine rings is 1. The second kappa shape index (κ2) is 7.05. The Morgan fingerprint density at radius 1 is 1.18 bits per heavy atom.